The van der Waals surface area contributed by atoms with Crippen molar-refractivity contribution in [3.8, 4) is 11.5 Å². The minimum atomic E-state index is -0.486. The first-order chi connectivity index (χ1) is 6.57. The summed E-state index contributed by atoms with van der Waals surface area (Å²) in [5.74, 6) is -0.150. The molecule has 0 aliphatic heterocycles. The van der Waals surface area contributed by atoms with Gasteiger partial charge in [0.2, 0.25) is 0 Å². The Hall–Kier alpha value is -1.71. The van der Waals surface area contributed by atoms with Crippen LogP contribution in [0.1, 0.15) is 11.4 Å². The number of ether oxygens (including phenoxy) is 1. The first-order valence-electron chi connectivity index (χ1n) is 4.24. The zero-order valence-corrected chi connectivity index (χ0v) is 8.26. The summed E-state index contributed by atoms with van der Waals surface area (Å²) in [6.07, 6.45) is 1.54. The van der Waals surface area contributed by atoms with Gasteiger partial charge in [-0.05, 0) is 13.8 Å². The van der Waals surface area contributed by atoms with Gasteiger partial charge in [-0.1, -0.05) is 12.7 Å². The fraction of sp³-hybridized carbons (Fsp3) is 0.300. The molecule has 0 radical (unpaired) electrons. The zero-order valence-electron chi connectivity index (χ0n) is 8.26. The molecular formula is C10H13NO3. The van der Waals surface area contributed by atoms with E-state index in [0.717, 1.165) is 0 Å². The summed E-state index contributed by atoms with van der Waals surface area (Å²) in [7, 11) is 0. The molecule has 0 aliphatic carbocycles. The fourth-order valence-electron chi connectivity index (χ4n) is 1.16. The van der Waals surface area contributed by atoms with E-state index in [1.54, 1.807) is 13.8 Å². The summed E-state index contributed by atoms with van der Waals surface area (Å²) in [6, 6.07) is 0. The van der Waals surface area contributed by atoms with Gasteiger partial charge in [-0.3, -0.25) is 4.79 Å². The lowest BCUT2D eigenvalue weighted by Gasteiger charge is -2.08. The van der Waals surface area contributed by atoms with Gasteiger partial charge in [-0.2, -0.15) is 0 Å². The Morgan fingerprint density at radius 2 is 2.14 bits per heavy atom. The quantitative estimate of drug-likeness (QED) is 0.714. The summed E-state index contributed by atoms with van der Waals surface area (Å²) in [4.78, 5) is 14.3. The Balaban J connectivity index is 3.22. The first kappa shape index (κ1) is 10.4. The highest BCUT2D eigenvalue weighted by Crippen LogP contribution is 2.16. The smallest absolute Gasteiger partial charge is 0.265 e. The molecule has 0 bridgehead atoms. The van der Waals surface area contributed by atoms with Gasteiger partial charge in [0.05, 0.1) is 11.4 Å². The van der Waals surface area contributed by atoms with Gasteiger partial charge >= 0.3 is 0 Å². The summed E-state index contributed by atoms with van der Waals surface area (Å²) >= 11 is 0. The summed E-state index contributed by atoms with van der Waals surface area (Å²) < 4.78 is 5.13. The third kappa shape index (κ3) is 1.79. The summed E-state index contributed by atoms with van der Waals surface area (Å²) in [6.45, 7) is 7.06. The highest BCUT2D eigenvalue weighted by molar-refractivity contribution is 5.38. The monoisotopic (exact) mass is 195 g/mol. The number of aryl methyl sites for hydroxylation is 2. The second-order valence-corrected chi connectivity index (χ2v) is 2.98. The van der Waals surface area contributed by atoms with Crippen LogP contribution >= 0.6 is 0 Å². The van der Waals surface area contributed by atoms with Crippen molar-refractivity contribution in [3.05, 3.63) is 34.3 Å². The molecule has 76 valence electrons. The average Bonchev–Trinajstić information content (AvgIpc) is 2.14. The van der Waals surface area contributed by atoms with Crippen LogP contribution in [0.25, 0.3) is 0 Å². The van der Waals surface area contributed by atoms with Crippen LogP contribution in [0.15, 0.2) is 17.4 Å². The molecule has 0 atom stereocenters. The first-order valence-corrected chi connectivity index (χ1v) is 4.24. The lowest BCUT2D eigenvalue weighted by atomic mass is 10.2. The van der Waals surface area contributed by atoms with Crippen molar-refractivity contribution < 1.29 is 9.84 Å². The molecule has 1 rings (SSSR count). The maximum Gasteiger partial charge on any atom is 0.265 e. The van der Waals surface area contributed by atoms with Crippen LogP contribution in [0.3, 0.4) is 0 Å². The lowest BCUT2D eigenvalue weighted by Crippen LogP contribution is -2.12. The molecule has 1 aromatic heterocycles. The molecule has 0 unspecified atom stereocenters. The van der Waals surface area contributed by atoms with Crippen LogP contribution in [-0.4, -0.2) is 16.7 Å². The highest BCUT2D eigenvalue weighted by Gasteiger charge is 2.11. The average molecular weight is 195 g/mol. The Bertz CT molecular complexity index is 407. The van der Waals surface area contributed by atoms with Crippen molar-refractivity contribution in [2.75, 3.05) is 6.61 Å². The van der Waals surface area contributed by atoms with Gasteiger partial charge in [0.25, 0.3) is 5.43 Å². The molecule has 0 aliphatic rings. The Morgan fingerprint density at radius 1 is 1.50 bits per heavy atom. The van der Waals surface area contributed by atoms with Gasteiger partial charge in [0.1, 0.15) is 6.61 Å². The van der Waals surface area contributed by atoms with Crippen LogP contribution in [0, 0.1) is 13.8 Å². The minimum absolute atomic E-state index is 0.146. The van der Waals surface area contributed by atoms with Crippen molar-refractivity contribution in [3.63, 3.8) is 0 Å². The van der Waals surface area contributed by atoms with Gasteiger partial charge in [-0.15, -0.1) is 0 Å². The molecule has 14 heavy (non-hydrogen) atoms. The van der Waals surface area contributed by atoms with Gasteiger partial charge < -0.3 is 14.8 Å². The fourth-order valence-corrected chi connectivity index (χ4v) is 1.16. The number of hydrogen-bond donors (Lipinski definition) is 2. The molecule has 0 saturated heterocycles. The van der Waals surface area contributed by atoms with Crippen molar-refractivity contribution in [2.24, 2.45) is 0 Å². The number of aromatic nitrogens is 1. The van der Waals surface area contributed by atoms with Crippen LogP contribution in [0.5, 0.6) is 11.5 Å². The number of aromatic amines is 1. The zero-order chi connectivity index (χ0) is 10.7. The van der Waals surface area contributed by atoms with E-state index in [1.807, 2.05) is 0 Å². The number of H-pyrrole nitrogens is 1. The minimum Gasteiger partial charge on any atom is -0.503 e. The van der Waals surface area contributed by atoms with E-state index in [2.05, 4.69) is 11.6 Å². The maximum absolute atomic E-state index is 11.5. The Morgan fingerprint density at radius 3 is 2.71 bits per heavy atom. The molecule has 2 N–H and O–H groups in total. The van der Waals surface area contributed by atoms with Crippen LogP contribution in [-0.2, 0) is 0 Å². The number of rotatable bonds is 3. The Labute approximate surface area is 81.9 Å². The number of nitrogens with one attached hydrogen (secondary N) is 1. The number of pyridine rings is 1. The second-order valence-electron chi connectivity index (χ2n) is 2.98. The molecule has 4 nitrogen and oxygen atoms in total. The predicted molar refractivity (Wildman–Crippen MR) is 53.9 cm³/mol. The van der Waals surface area contributed by atoms with Crippen molar-refractivity contribution in [1.82, 2.24) is 4.98 Å². The predicted octanol–water partition coefficient (Wildman–Crippen LogP) is 1.26. The van der Waals surface area contributed by atoms with E-state index >= 15 is 0 Å². The van der Waals surface area contributed by atoms with E-state index in [9.17, 15) is 9.90 Å². The van der Waals surface area contributed by atoms with E-state index in [-0.39, 0.29) is 18.1 Å². The van der Waals surface area contributed by atoms with Crippen LogP contribution in [0.2, 0.25) is 0 Å². The standard InChI is InChI=1S/C10H13NO3/c1-4-5-14-10-7(3)11-6(2)8(12)9(10)13/h4,12H,1,5H2,2-3H3,(H,11,13). The summed E-state index contributed by atoms with van der Waals surface area (Å²) in [5.41, 5.74) is 0.561. The van der Waals surface area contributed by atoms with Gasteiger partial charge in [-0.25, -0.2) is 0 Å². The van der Waals surface area contributed by atoms with Crippen LogP contribution in [0.4, 0.5) is 0 Å². The van der Waals surface area contributed by atoms with Crippen molar-refractivity contribution in [2.45, 2.75) is 13.8 Å². The van der Waals surface area contributed by atoms with E-state index in [4.69, 9.17) is 4.74 Å². The largest absolute Gasteiger partial charge is 0.503 e. The molecular weight excluding hydrogens is 182 g/mol. The van der Waals surface area contributed by atoms with E-state index < -0.39 is 5.43 Å². The summed E-state index contributed by atoms with van der Waals surface area (Å²) in [5, 5.41) is 9.36. The number of aromatic hydroxyl groups is 1. The molecule has 1 heterocycles. The topological polar surface area (TPSA) is 62.3 Å². The number of hydrogen-bond acceptors (Lipinski definition) is 3. The second kappa shape index (κ2) is 4.00. The third-order valence-electron chi connectivity index (χ3n) is 1.84. The Kier molecular flexibility index (Phi) is 2.96. The highest BCUT2D eigenvalue weighted by atomic mass is 16.5. The van der Waals surface area contributed by atoms with Crippen LogP contribution < -0.4 is 10.2 Å². The molecule has 0 aromatic carbocycles. The normalized spacial score (nSPS) is 9.86. The van der Waals surface area contributed by atoms with Gasteiger partial charge in [0, 0.05) is 0 Å². The lowest BCUT2D eigenvalue weighted by molar-refractivity contribution is 0.349. The van der Waals surface area contributed by atoms with Gasteiger partial charge in [0.15, 0.2) is 11.5 Å². The van der Waals surface area contributed by atoms with E-state index in [1.165, 1.54) is 6.08 Å². The third-order valence-corrected chi connectivity index (χ3v) is 1.84. The molecule has 0 fully saturated rings. The van der Waals surface area contributed by atoms with Crippen molar-refractivity contribution >= 4 is 0 Å². The van der Waals surface area contributed by atoms with Crippen molar-refractivity contribution in [1.29, 1.82) is 0 Å². The molecule has 0 spiro atoms. The molecule has 1 aromatic rings. The molecule has 0 saturated carbocycles. The maximum atomic E-state index is 11.5. The SMILES string of the molecule is C=CCOc1c(C)[nH]c(C)c(O)c1=O. The molecule has 4 heteroatoms. The molecule has 0 amide bonds. The van der Waals surface area contributed by atoms with E-state index in [0.29, 0.717) is 11.4 Å².